The van der Waals surface area contributed by atoms with Crippen molar-refractivity contribution in [2.45, 2.75) is 13.1 Å². The Labute approximate surface area is 171 Å². The third-order valence-corrected chi connectivity index (χ3v) is 4.11. The first-order chi connectivity index (χ1) is 14.4. The Kier molecular flexibility index (Phi) is 6.63. The van der Waals surface area contributed by atoms with Gasteiger partial charge in [-0.05, 0) is 42.6 Å². The number of fused-ring (bicyclic) bond motifs is 1. The minimum Gasteiger partial charge on any atom is -0.403 e. The van der Waals surface area contributed by atoms with Crippen LogP contribution in [0.1, 0.15) is 11.1 Å². The van der Waals surface area contributed by atoms with E-state index in [0.29, 0.717) is 25.0 Å². The Hall–Kier alpha value is -3.46. The Morgan fingerprint density at radius 1 is 1.00 bits per heavy atom. The first-order valence-electron chi connectivity index (χ1n) is 9.12. The van der Waals surface area contributed by atoms with Crippen molar-refractivity contribution in [3.63, 3.8) is 0 Å². The zero-order valence-corrected chi connectivity index (χ0v) is 16.1. The minimum absolute atomic E-state index is 0.385. The molecule has 156 valence electrons. The van der Waals surface area contributed by atoms with Crippen LogP contribution in [0.3, 0.4) is 0 Å². The van der Waals surface area contributed by atoms with Crippen LogP contribution in [0.25, 0.3) is 22.2 Å². The predicted molar refractivity (Wildman–Crippen MR) is 109 cm³/mol. The molecule has 30 heavy (non-hydrogen) atoms. The van der Waals surface area contributed by atoms with E-state index in [1.54, 1.807) is 13.1 Å². The number of hydrogen-bond acceptors (Lipinski definition) is 6. The number of hydrogen-bond donors (Lipinski definition) is 2. The lowest BCUT2D eigenvalue weighted by Crippen LogP contribution is -2.13. The van der Waals surface area contributed by atoms with Crippen LogP contribution in [0.2, 0.25) is 0 Å². The molecule has 0 unspecified atom stereocenters. The van der Waals surface area contributed by atoms with Crippen LogP contribution in [-0.2, 0) is 6.18 Å². The number of nitrogens with two attached hydrogens (primary N) is 1. The first-order valence-corrected chi connectivity index (χ1v) is 9.12. The lowest BCUT2D eigenvalue weighted by atomic mass is 10.1. The maximum atomic E-state index is 11.9. The topological polar surface area (TPSA) is 89.9 Å². The molecule has 0 saturated carbocycles. The summed E-state index contributed by atoms with van der Waals surface area (Å²) in [5, 5.41) is 13.0. The number of aryl methyl sites for hydroxylation is 1. The summed E-state index contributed by atoms with van der Waals surface area (Å²) in [7, 11) is 0. The Bertz CT molecular complexity index is 1090. The number of alkyl halides is 3. The van der Waals surface area contributed by atoms with Gasteiger partial charge >= 0.3 is 12.2 Å². The van der Waals surface area contributed by atoms with Crippen molar-refractivity contribution in [3.8, 4) is 11.5 Å². The van der Waals surface area contributed by atoms with Gasteiger partial charge in [0.15, 0.2) is 0 Å². The molecule has 4 aromatic rings. The molecule has 6 nitrogen and oxygen atoms in total. The van der Waals surface area contributed by atoms with Gasteiger partial charge < -0.3 is 15.5 Å². The fourth-order valence-corrected chi connectivity index (χ4v) is 2.55. The maximum Gasteiger partial charge on any atom is 0.416 e. The molecular weight excluding hydrogens is 395 g/mol. The molecule has 0 radical (unpaired) electrons. The van der Waals surface area contributed by atoms with E-state index in [1.165, 1.54) is 12.1 Å². The second-order valence-electron chi connectivity index (χ2n) is 6.43. The second kappa shape index (κ2) is 9.36. The van der Waals surface area contributed by atoms with E-state index in [4.69, 9.17) is 10.2 Å². The molecule has 4 rings (SSSR count). The molecule has 0 aliphatic heterocycles. The van der Waals surface area contributed by atoms with E-state index in [0.717, 1.165) is 34.0 Å². The number of anilines is 1. The fourth-order valence-electron chi connectivity index (χ4n) is 2.55. The van der Waals surface area contributed by atoms with Crippen molar-refractivity contribution in [2.24, 2.45) is 5.73 Å². The molecule has 2 aromatic heterocycles. The number of rotatable bonds is 4. The monoisotopic (exact) mass is 415 g/mol. The maximum absolute atomic E-state index is 11.9. The van der Waals surface area contributed by atoms with Gasteiger partial charge in [-0.1, -0.05) is 28.9 Å². The summed E-state index contributed by atoms with van der Waals surface area (Å²) in [5.41, 5.74) is 6.52. The van der Waals surface area contributed by atoms with Gasteiger partial charge in [-0.15, -0.1) is 5.10 Å². The molecule has 0 spiro atoms. The fraction of sp³-hybridized carbons (Fsp3) is 0.190. The van der Waals surface area contributed by atoms with Gasteiger partial charge in [0.25, 0.3) is 0 Å². The highest BCUT2D eigenvalue weighted by molar-refractivity contribution is 5.85. The van der Waals surface area contributed by atoms with Gasteiger partial charge in [-0.25, -0.2) is 0 Å². The Morgan fingerprint density at radius 3 is 2.47 bits per heavy atom. The second-order valence-corrected chi connectivity index (χ2v) is 6.43. The predicted octanol–water partition coefficient (Wildman–Crippen LogP) is 4.67. The van der Waals surface area contributed by atoms with Gasteiger partial charge in [0.05, 0.1) is 5.56 Å². The largest absolute Gasteiger partial charge is 0.416 e. The van der Waals surface area contributed by atoms with Crippen molar-refractivity contribution in [1.29, 1.82) is 0 Å². The highest BCUT2D eigenvalue weighted by atomic mass is 19.4. The van der Waals surface area contributed by atoms with Crippen LogP contribution < -0.4 is 11.1 Å². The molecule has 3 N–H and O–H groups in total. The highest BCUT2D eigenvalue weighted by Gasteiger charge is 2.29. The van der Waals surface area contributed by atoms with Crippen molar-refractivity contribution in [3.05, 3.63) is 72.1 Å². The summed E-state index contributed by atoms with van der Waals surface area (Å²) in [6.07, 6.45) is -0.636. The zero-order valence-electron chi connectivity index (χ0n) is 16.1. The van der Waals surface area contributed by atoms with Crippen molar-refractivity contribution < 1.29 is 17.6 Å². The van der Waals surface area contributed by atoms with Crippen LogP contribution in [-0.4, -0.2) is 28.3 Å². The van der Waals surface area contributed by atoms with Gasteiger partial charge in [0, 0.05) is 36.4 Å². The summed E-state index contributed by atoms with van der Waals surface area (Å²) < 4.78 is 41.3. The summed E-state index contributed by atoms with van der Waals surface area (Å²) in [5.74, 6) is 0.484. The van der Waals surface area contributed by atoms with E-state index in [-0.39, 0.29) is 0 Å². The van der Waals surface area contributed by atoms with Crippen molar-refractivity contribution in [2.75, 3.05) is 18.4 Å². The summed E-state index contributed by atoms with van der Waals surface area (Å²) in [6, 6.07) is 13.3. The Balaban J connectivity index is 0.000000199. The van der Waals surface area contributed by atoms with Crippen LogP contribution in [0, 0.1) is 6.92 Å². The third-order valence-electron chi connectivity index (χ3n) is 4.11. The van der Waals surface area contributed by atoms with Gasteiger partial charge in [-0.3, -0.25) is 4.98 Å². The number of aromatic nitrogens is 3. The van der Waals surface area contributed by atoms with Crippen LogP contribution >= 0.6 is 0 Å². The lowest BCUT2D eigenvalue weighted by molar-refractivity contribution is -0.137. The molecule has 0 saturated heterocycles. The Morgan fingerprint density at radius 2 is 1.77 bits per heavy atom. The number of halogens is 3. The van der Waals surface area contributed by atoms with Gasteiger partial charge in [-0.2, -0.15) is 13.2 Å². The van der Waals surface area contributed by atoms with E-state index in [2.05, 4.69) is 20.5 Å². The molecule has 0 amide bonds. The van der Waals surface area contributed by atoms with E-state index in [9.17, 15) is 13.2 Å². The molecule has 0 fully saturated rings. The molecule has 0 aliphatic rings. The summed E-state index contributed by atoms with van der Waals surface area (Å²) in [6.45, 7) is 2.87. The normalized spacial score (nSPS) is 11.1. The molecule has 0 aliphatic carbocycles. The molecular formula is C21H20F3N5O. The van der Waals surface area contributed by atoms with Crippen LogP contribution in [0.15, 0.2) is 65.3 Å². The summed E-state index contributed by atoms with van der Waals surface area (Å²) in [4.78, 5) is 4.08. The minimum atomic E-state index is -4.21. The number of benzene rings is 2. The molecule has 9 heteroatoms. The van der Waals surface area contributed by atoms with Crippen molar-refractivity contribution in [1.82, 2.24) is 15.2 Å². The third kappa shape index (κ3) is 5.54. The van der Waals surface area contributed by atoms with E-state index in [1.807, 2.05) is 30.5 Å². The zero-order chi connectivity index (χ0) is 21.6. The highest BCUT2D eigenvalue weighted by Crippen LogP contribution is 2.29. The quantitative estimate of drug-likeness (QED) is 0.504. The van der Waals surface area contributed by atoms with Gasteiger partial charge in [0.2, 0.25) is 5.89 Å². The smallest absolute Gasteiger partial charge is 0.403 e. The average molecular weight is 415 g/mol. The molecule has 2 heterocycles. The SMILES string of the molecule is Cc1ccc(C(F)(F)F)cc1.NCCNc1nnc(-c2ccc3cnccc3c2)o1. The lowest BCUT2D eigenvalue weighted by Gasteiger charge is -2.05. The standard InChI is InChI=1S/C13H13N5O.C8H7F3/c14-4-6-16-13-18-17-12(19-13)10-1-2-11-8-15-5-3-9(11)7-10;1-6-2-4-7(5-3-6)8(9,10)11/h1-3,5,7-8H,4,6,14H2,(H,16,18);2-5H,1H3. The van der Waals surface area contributed by atoms with Crippen LogP contribution in [0.5, 0.6) is 0 Å². The van der Waals surface area contributed by atoms with E-state index < -0.39 is 11.7 Å². The average Bonchev–Trinajstić information content (AvgIpc) is 3.21. The summed E-state index contributed by atoms with van der Waals surface area (Å²) >= 11 is 0. The number of nitrogens with zero attached hydrogens (tertiary/aromatic N) is 3. The van der Waals surface area contributed by atoms with E-state index >= 15 is 0 Å². The van der Waals surface area contributed by atoms with Crippen molar-refractivity contribution >= 4 is 16.8 Å². The van der Waals surface area contributed by atoms with Gasteiger partial charge in [0.1, 0.15) is 0 Å². The first kappa shape index (κ1) is 21.3. The molecule has 0 atom stereocenters. The number of nitrogens with one attached hydrogen (secondary N) is 1. The number of pyridine rings is 1. The van der Waals surface area contributed by atoms with Crippen LogP contribution in [0.4, 0.5) is 19.2 Å². The molecule has 0 bridgehead atoms. The molecule has 2 aromatic carbocycles.